The van der Waals surface area contributed by atoms with Crippen molar-refractivity contribution in [3.05, 3.63) is 29.8 Å². The van der Waals surface area contributed by atoms with Crippen molar-refractivity contribution in [3.63, 3.8) is 0 Å². The van der Waals surface area contributed by atoms with Gasteiger partial charge in [0.25, 0.3) is 0 Å². The zero-order valence-corrected chi connectivity index (χ0v) is 11.7. The van der Waals surface area contributed by atoms with Crippen LogP contribution in [0.25, 0.3) is 0 Å². The van der Waals surface area contributed by atoms with Crippen molar-refractivity contribution in [1.29, 1.82) is 0 Å². The minimum Gasteiger partial charge on any atom is -0.493 e. The molecule has 0 amide bonds. The van der Waals surface area contributed by atoms with Crippen LogP contribution in [0.1, 0.15) is 24.8 Å². The van der Waals surface area contributed by atoms with Crippen LogP contribution in [0.15, 0.2) is 24.3 Å². The summed E-state index contributed by atoms with van der Waals surface area (Å²) in [5, 5.41) is 0. The monoisotopic (exact) mass is 302 g/mol. The summed E-state index contributed by atoms with van der Waals surface area (Å²) in [6.07, 6.45) is -1.37. The van der Waals surface area contributed by atoms with Gasteiger partial charge in [-0.2, -0.15) is 13.2 Å². The maximum Gasteiger partial charge on any atom is 0.416 e. The van der Waals surface area contributed by atoms with Gasteiger partial charge in [0.2, 0.25) is 0 Å². The van der Waals surface area contributed by atoms with Gasteiger partial charge in [0, 0.05) is 0 Å². The summed E-state index contributed by atoms with van der Waals surface area (Å²) in [7, 11) is 1.33. The average Bonchev–Trinajstić information content (AvgIpc) is 2.39. The van der Waals surface area contributed by atoms with Crippen LogP contribution < -0.4 is 4.74 Å². The van der Waals surface area contributed by atoms with E-state index in [1.54, 1.807) is 0 Å². The Morgan fingerprint density at radius 2 is 1.90 bits per heavy atom. The lowest BCUT2D eigenvalue weighted by molar-refractivity contribution is -0.150. The number of ether oxygens (including phenoxy) is 2. The Morgan fingerprint density at radius 3 is 2.33 bits per heavy atom. The number of benzene rings is 1. The number of methoxy groups -OCH3 is 1. The summed E-state index contributed by atoms with van der Waals surface area (Å²) in [5.41, 5.74) is -0.724. The van der Waals surface area contributed by atoms with E-state index in [1.807, 2.05) is 0 Å². The minimum atomic E-state index is -4.36. The van der Waals surface area contributed by atoms with Gasteiger partial charge in [-0.25, -0.2) is 0 Å². The summed E-state index contributed by atoms with van der Waals surface area (Å²) >= 11 is 0. The normalized spacial score (nSPS) is 17.0. The number of hydrogen-bond acceptors (Lipinski definition) is 3. The zero-order valence-electron chi connectivity index (χ0n) is 11.7. The number of carbonyl (C=O) groups is 1. The lowest BCUT2D eigenvalue weighted by Gasteiger charge is -2.31. The van der Waals surface area contributed by atoms with Crippen molar-refractivity contribution in [3.8, 4) is 5.75 Å². The molecule has 6 heteroatoms. The fourth-order valence-corrected chi connectivity index (χ4v) is 2.32. The molecule has 1 unspecified atom stereocenters. The topological polar surface area (TPSA) is 35.5 Å². The van der Waals surface area contributed by atoms with E-state index < -0.39 is 11.7 Å². The van der Waals surface area contributed by atoms with E-state index in [1.165, 1.54) is 19.2 Å². The van der Waals surface area contributed by atoms with Gasteiger partial charge in [0.05, 0.1) is 18.6 Å². The second-order valence-corrected chi connectivity index (χ2v) is 5.15. The Morgan fingerprint density at radius 1 is 1.29 bits per heavy atom. The maximum absolute atomic E-state index is 12.4. The number of esters is 1. The molecule has 1 atom stereocenters. The molecule has 0 heterocycles. The largest absolute Gasteiger partial charge is 0.493 e. The fourth-order valence-electron chi connectivity index (χ4n) is 2.32. The molecule has 21 heavy (non-hydrogen) atoms. The van der Waals surface area contributed by atoms with Gasteiger partial charge in [0.15, 0.2) is 0 Å². The van der Waals surface area contributed by atoms with Gasteiger partial charge in [-0.05, 0) is 43.0 Å². The molecule has 0 bridgehead atoms. The first kappa shape index (κ1) is 15.7. The molecule has 116 valence electrons. The Bertz CT molecular complexity index is 478. The highest BCUT2D eigenvalue weighted by molar-refractivity contribution is 5.73. The lowest BCUT2D eigenvalue weighted by Crippen LogP contribution is -2.34. The molecular formula is C15H17F3O3. The van der Waals surface area contributed by atoms with Crippen LogP contribution in [0.2, 0.25) is 0 Å². The van der Waals surface area contributed by atoms with E-state index in [-0.39, 0.29) is 24.4 Å². The van der Waals surface area contributed by atoms with Crippen molar-refractivity contribution in [2.45, 2.75) is 25.4 Å². The quantitative estimate of drug-likeness (QED) is 0.778. The van der Waals surface area contributed by atoms with E-state index in [2.05, 4.69) is 0 Å². The Labute approximate surface area is 121 Å². The molecule has 0 N–H and O–H groups in total. The highest BCUT2D eigenvalue weighted by Gasteiger charge is 2.34. The second-order valence-electron chi connectivity index (χ2n) is 5.15. The lowest BCUT2D eigenvalue weighted by atomic mass is 9.76. The van der Waals surface area contributed by atoms with E-state index in [4.69, 9.17) is 9.47 Å². The number of halogens is 3. The molecule has 1 aliphatic carbocycles. The highest BCUT2D eigenvalue weighted by atomic mass is 19.4. The van der Waals surface area contributed by atoms with Crippen molar-refractivity contribution in [2.24, 2.45) is 11.8 Å². The van der Waals surface area contributed by atoms with E-state index in [9.17, 15) is 18.0 Å². The van der Waals surface area contributed by atoms with Crippen LogP contribution in [0.5, 0.6) is 5.75 Å². The standard InChI is InChI=1S/C15H17F3O3/c1-20-14(19)13(10-3-2-4-10)9-21-12-7-5-11(6-8-12)15(16,17)18/h5-8,10,13H,2-4,9H2,1H3. The summed E-state index contributed by atoms with van der Waals surface area (Å²) in [6.45, 7) is 0.128. The van der Waals surface area contributed by atoms with Crippen LogP contribution in [0, 0.1) is 11.8 Å². The molecule has 1 aliphatic rings. The maximum atomic E-state index is 12.4. The second kappa shape index (κ2) is 6.37. The van der Waals surface area contributed by atoms with Crippen LogP contribution >= 0.6 is 0 Å². The molecule has 1 aromatic rings. The molecule has 1 fully saturated rings. The van der Waals surface area contributed by atoms with E-state index >= 15 is 0 Å². The van der Waals surface area contributed by atoms with Crippen molar-refractivity contribution in [1.82, 2.24) is 0 Å². The van der Waals surface area contributed by atoms with Gasteiger partial charge in [-0.15, -0.1) is 0 Å². The molecule has 3 nitrogen and oxygen atoms in total. The number of carbonyl (C=O) groups excluding carboxylic acids is 1. The first-order chi connectivity index (χ1) is 9.91. The molecule has 1 aromatic carbocycles. The Balaban J connectivity index is 1.95. The molecule has 0 radical (unpaired) electrons. The van der Waals surface area contributed by atoms with Crippen LogP contribution in [-0.2, 0) is 15.7 Å². The molecule has 0 aromatic heterocycles. The molecule has 0 aliphatic heterocycles. The smallest absolute Gasteiger partial charge is 0.416 e. The van der Waals surface area contributed by atoms with Gasteiger partial charge < -0.3 is 9.47 Å². The SMILES string of the molecule is COC(=O)C(COc1ccc(C(F)(F)F)cc1)C1CCC1. The molecule has 2 rings (SSSR count). The van der Waals surface area contributed by atoms with Gasteiger partial charge in [-0.3, -0.25) is 4.79 Å². The van der Waals surface area contributed by atoms with Gasteiger partial charge >= 0.3 is 12.1 Å². The van der Waals surface area contributed by atoms with E-state index in [0.717, 1.165) is 31.4 Å². The van der Waals surface area contributed by atoms with Gasteiger partial charge in [0.1, 0.15) is 12.4 Å². The predicted molar refractivity (Wildman–Crippen MR) is 69.8 cm³/mol. The van der Waals surface area contributed by atoms with Crippen molar-refractivity contribution >= 4 is 5.97 Å². The third-order valence-corrected chi connectivity index (χ3v) is 3.83. The summed E-state index contributed by atoms with van der Waals surface area (Å²) in [5.74, 6) is -0.124. The predicted octanol–water partition coefficient (Wildman–Crippen LogP) is 3.67. The highest BCUT2D eigenvalue weighted by Crippen LogP contribution is 2.35. The number of alkyl halides is 3. The first-order valence-electron chi connectivity index (χ1n) is 6.79. The Hall–Kier alpha value is -1.72. The Kier molecular flexibility index (Phi) is 4.75. The third kappa shape index (κ3) is 3.89. The summed E-state index contributed by atoms with van der Waals surface area (Å²) in [4.78, 5) is 11.7. The first-order valence-corrected chi connectivity index (χ1v) is 6.79. The minimum absolute atomic E-state index is 0.128. The molecular weight excluding hydrogens is 285 g/mol. The van der Waals surface area contributed by atoms with Crippen LogP contribution in [-0.4, -0.2) is 19.7 Å². The number of rotatable bonds is 5. The molecule has 1 saturated carbocycles. The van der Waals surface area contributed by atoms with Crippen molar-refractivity contribution in [2.75, 3.05) is 13.7 Å². The fraction of sp³-hybridized carbons (Fsp3) is 0.533. The average molecular weight is 302 g/mol. The van der Waals surface area contributed by atoms with Gasteiger partial charge in [-0.1, -0.05) is 6.42 Å². The van der Waals surface area contributed by atoms with Crippen LogP contribution in [0.3, 0.4) is 0 Å². The molecule has 0 spiro atoms. The summed E-state index contributed by atoms with van der Waals surface area (Å²) in [6, 6.07) is 4.45. The van der Waals surface area contributed by atoms with E-state index in [0.29, 0.717) is 5.75 Å². The zero-order chi connectivity index (χ0) is 15.5. The number of hydrogen-bond donors (Lipinski definition) is 0. The third-order valence-electron chi connectivity index (χ3n) is 3.83. The summed E-state index contributed by atoms with van der Waals surface area (Å²) < 4.78 is 47.5. The van der Waals surface area contributed by atoms with Crippen molar-refractivity contribution < 1.29 is 27.4 Å². The molecule has 0 saturated heterocycles. The van der Waals surface area contributed by atoms with Crippen LogP contribution in [0.4, 0.5) is 13.2 Å².